The minimum absolute atomic E-state index is 0.0627. The molecule has 31 heavy (non-hydrogen) atoms. The van der Waals surface area contributed by atoms with Crippen LogP contribution >= 0.6 is 0 Å². The van der Waals surface area contributed by atoms with Gasteiger partial charge in [0.1, 0.15) is 0 Å². The SMILES string of the molecule is CN1CCC([C@@H](C(=O)Nc2cccc3c(-c4cn[nH]c4)c[nH]c23)c2ccccc2)CC1. The Morgan fingerprint density at radius 2 is 1.90 bits per heavy atom. The lowest BCUT2D eigenvalue weighted by atomic mass is 9.79. The molecule has 1 saturated heterocycles. The van der Waals surface area contributed by atoms with Crippen molar-refractivity contribution in [2.75, 3.05) is 25.5 Å². The summed E-state index contributed by atoms with van der Waals surface area (Å²) < 4.78 is 0. The van der Waals surface area contributed by atoms with E-state index in [1.54, 1.807) is 6.20 Å². The maximum absolute atomic E-state index is 13.6. The molecular formula is C25H27N5O. The normalized spacial score (nSPS) is 16.4. The number of nitrogens with one attached hydrogen (secondary N) is 3. The zero-order valence-corrected chi connectivity index (χ0v) is 17.6. The van der Waals surface area contributed by atoms with Gasteiger partial charge in [-0.1, -0.05) is 42.5 Å². The van der Waals surface area contributed by atoms with Crippen molar-refractivity contribution in [2.45, 2.75) is 18.8 Å². The molecule has 158 valence electrons. The van der Waals surface area contributed by atoms with E-state index in [0.717, 1.165) is 59.2 Å². The van der Waals surface area contributed by atoms with Gasteiger partial charge in [0.25, 0.3) is 0 Å². The highest BCUT2D eigenvalue weighted by Gasteiger charge is 2.32. The van der Waals surface area contributed by atoms with Crippen LogP contribution in [0.2, 0.25) is 0 Å². The van der Waals surface area contributed by atoms with Crippen molar-refractivity contribution >= 4 is 22.5 Å². The fourth-order valence-corrected chi connectivity index (χ4v) is 4.77. The molecule has 6 nitrogen and oxygen atoms in total. The van der Waals surface area contributed by atoms with Crippen LogP contribution in [0.3, 0.4) is 0 Å². The maximum Gasteiger partial charge on any atom is 0.232 e. The lowest BCUT2D eigenvalue weighted by Gasteiger charge is -2.34. The van der Waals surface area contributed by atoms with Gasteiger partial charge in [0.2, 0.25) is 5.91 Å². The Bertz CT molecular complexity index is 1160. The van der Waals surface area contributed by atoms with Gasteiger partial charge in [-0.2, -0.15) is 5.10 Å². The van der Waals surface area contributed by atoms with Crippen molar-refractivity contribution in [2.24, 2.45) is 5.92 Å². The Hall–Kier alpha value is -3.38. The fourth-order valence-electron chi connectivity index (χ4n) is 4.77. The molecule has 3 N–H and O–H groups in total. The van der Waals surface area contributed by atoms with Crippen molar-refractivity contribution in [3.63, 3.8) is 0 Å². The number of likely N-dealkylation sites (tertiary alicyclic amines) is 1. The standard InChI is InChI=1S/C25H27N5O/c1-30-12-10-18(11-13-30)23(17-6-3-2-4-7-17)25(31)29-22-9-5-8-20-21(16-26-24(20)22)19-14-27-28-15-19/h2-9,14-16,18,23,26H,10-13H2,1H3,(H,27,28)(H,29,31)/t23-/m0/s1. The molecule has 1 amide bonds. The summed E-state index contributed by atoms with van der Waals surface area (Å²) in [6, 6.07) is 16.2. The van der Waals surface area contributed by atoms with Gasteiger partial charge >= 0.3 is 0 Å². The summed E-state index contributed by atoms with van der Waals surface area (Å²) in [6.45, 7) is 2.06. The molecule has 5 rings (SSSR count). The molecule has 1 atom stereocenters. The van der Waals surface area contributed by atoms with Gasteiger partial charge < -0.3 is 15.2 Å². The largest absolute Gasteiger partial charge is 0.359 e. The lowest BCUT2D eigenvalue weighted by Crippen LogP contribution is -2.36. The molecule has 0 spiro atoms. The molecular weight excluding hydrogens is 386 g/mol. The highest BCUT2D eigenvalue weighted by Crippen LogP contribution is 2.36. The number of carbonyl (C=O) groups is 1. The molecule has 1 aliphatic rings. The Morgan fingerprint density at radius 3 is 2.65 bits per heavy atom. The molecule has 0 saturated carbocycles. The number of H-pyrrole nitrogens is 2. The molecule has 0 radical (unpaired) electrons. The Morgan fingerprint density at radius 1 is 1.10 bits per heavy atom. The molecule has 0 bridgehead atoms. The van der Waals surface area contributed by atoms with E-state index in [-0.39, 0.29) is 11.8 Å². The zero-order chi connectivity index (χ0) is 21.2. The first-order chi connectivity index (χ1) is 15.2. The van der Waals surface area contributed by atoms with Crippen molar-refractivity contribution in [1.82, 2.24) is 20.1 Å². The number of rotatable bonds is 5. The molecule has 6 heteroatoms. The molecule has 4 aromatic rings. The molecule has 1 fully saturated rings. The fraction of sp³-hybridized carbons (Fsp3) is 0.280. The van der Waals surface area contributed by atoms with E-state index in [0.29, 0.717) is 5.92 Å². The third-order valence-corrected chi connectivity index (χ3v) is 6.46. The maximum atomic E-state index is 13.6. The second-order valence-corrected chi connectivity index (χ2v) is 8.44. The Balaban J connectivity index is 1.46. The van der Waals surface area contributed by atoms with Gasteiger partial charge in [-0.05, 0) is 50.5 Å². The van der Waals surface area contributed by atoms with Gasteiger partial charge in [-0.3, -0.25) is 9.89 Å². The number of benzene rings is 2. The number of hydrogen-bond acceptors (Lipinski definition) is 3. The number of piperidine rings is 1. The second kappa shape index (κ2) is 8.40. The summed E-state index contributed by atoms with van der Waals surface area (Å²) in [5, 5.41) is 11.2. The third kappa shape index (κ3) is 3.86. The van der Waals surface area contributed by atoms with Gasteiger partial charge in [0, 0.05) is 28.9 Å². The van der Waals surface area contributed by atoms with Gasteiger partial charge in [-0.15, -0.1) is 0 Å². The van der Waals surface area contributed by atoms with Crippen LogP contribution < -0.4 is 5.32 Å². The van der Waals surface area contributed by atoms with Crippen LogP contribution in [-0.2, 0) is 4.79 Å². The number of anilines is 1. The van der Waals surface area contributed by atoms with Gasteiger partial charge in [0.05, 0.1) is 23.3 Å². The molecule has 3 heterocycles. The monoisotopic (exact) mass is 413 g/mol. The summed E-state index contributed by atoms with van der Waals surface area (Å²) in [4.78, 5) is 19.3. The van der Waals surface area contributed by atoms with Gasteiger partial charge in [0.15, 0.2) is 0 Å². The molecule has 1 aliphatic heterocycles. The number of amides is 1. The van der Waals surface area contributed by atoms with Crippen LogP contribution in [0.4, 0.5) is 5.69 Å². The van der Waals surface area contributed by atoms with E-state index in [2.05, 4.69) is 50.6 Å². The minimum Gasteiger partial charge on any atom is -0.359 e. The number of nitrogens with zero attached hydrogens (tertiary/aromatic N) is 2. The molecule has 0 aliphatic carbocycles. The quantitative estimate of drug-likeness (QED) is 0.447. The number of para-hydroxylation sites is 1. The van der Waals surface area contributed by atoms with E-state index in [4.69, 9.17) is 0 Å². The first-order valence-electron chi connectivity index (χ1n) is 10.8. The van der Waals surface area contributed by atoms with Crippen LogP contribution in [0.15, 0.2) is 67.1 Å². The average Bonchev–Trinajstić information content (AvgIpc) is 3.46. The number of hydrogen-bond donors (Lipinski definition) is 3. The summed E-state index contributed by atoms with van der Waals surface area (Å²) in [7, 11) is 2.15. The minimum atomic E-state index is -0.159. The Labute approximate surface area is 181 Å². The Kier molecular flexibility index (Phi) is 5.30. The van der Waals surface area contributed by atoms with Crippen molar-refractivity contribution in [1.29, 1.82) is 0 Å². The first kappa shape index (κ1) is 19.6. The van der Waals surface area contributed by atoms with E-state index < -0.39 is 0 Å². The van der Waals surface area contributed by atoms with E-state index >= 15 is 0 Å². The van der Waals surface area contributed by atoms with Gasteiger partial charge in [-0.25, -0.2) is 0 Å². The highest BCUT2D eigenvalue weighted by molar-refractivity contribution is 6.07. The lowest BCUT2D eigenvalue weighted by molar-refractivity contribution is -0.119. The summed E-state index contributed by atoms with van der Waals surface area (Å²) >= 11 is 0. The topological polar surface area (TPSA) is 76.8 Å². The third-order valence-electron chi connectivity index (χ3n) is 6.46. The van der Waals surface area contributed by atoms with Crippen molar-refractivity contribution < 1.29 is 4.79 Å². The summed E-state index contributed by atoms with van der Waals surface area (Å²) in [6.07, 6.45) is 7.71. The number of fused-ring (bicyclic) bond motifs is 1. The molecule has 0 unspecified atom stereocenters. The van der Waals surface area contributed by atoms with Crippen molar-refractivity contribution in [3.05, 3.63) is 72.7 Å². The predicted octanol–water partition coefficient (Wildman–Crippen LogP) is 4.62. The van der Waals surface area contributed by atoms with Crippen LogP contribution in [0.1, 0.15) is 24.3 Å². The van der Waals surface area contributed by atoms with E-state index in [1.165, 1.54) is 0 Å². The number of aromatic amines is 2. The van der Waals surface area contributed by atoms with Crippen LogP contribution in [0, 0.1) is 5.92 Å². The van der Waals surface area contributed by atoms with E-state index in [9.17, 15) is 4.79 Å². The number of carbonyl (C=O) groups excluding carboxylic acids is 1. The summed E-state index contributed by atoms with van der Waals surface area (Å²) in [5.41, 5.74) is 4.92. The highest BCUT2D eigenvalue weighted by atomic mass is 16.1. The van der Waals surface area contributed by atoms with Crippen LogP contribution in [0.25, 0.3) is 22.0 Å². The predicted molar refractivity (Wildman–Crippen MR) is 124 cm³/mol. The van der Waals surface area contributed by atoms with Crippen molar-refractivity contribution in [3.8, 4) is 11.1 Å². The summed E-state index contributed by atoms with van der Waals surface area (Å²) in [5.74, 6) is 0.240. The van der Waals surface area contributed by atoms with Crippen LogP contribution in [-0.4, -0.2) is 46.1 Å². The van der Waals surface area contributed by atoms with Crippen LogP contribution in [0.5, 0.6) is 0 Å². The number of aromatic nitrogens is 3. The average molecular weight is 414 g/mol. The van der Waals surface area contributed by atoms with E-state index in [1.807, 2.05) is 42.7 Å². The second-order valence-electron chi connectivity index (χ2n) is 8.44. The first-order valence-corrected chi connectivity index (χ1v) is 10.8. The smallest absolute Gasteiger partial charge is 0.232 e. The molecule has 2 aromatic carbocycles. The molecule has 2 aromatic heterocycles. The zero-order valence-electron chi connectivity index (χ0n) is 17.6.